The molecule has 3 aromatic rings. The Kier molecular flexibility index (Phi) is 7.04. The summed E-state index contributed by atoms with van der Waals surface area (Å²) in [7, 11) is -2.27. The first kappa shape index (κ1) is 25.6. The molecule has 1 aromatic carbocycles. The molecule has 190 valence electrons. The van der Waals surface area contributed by atoms with Crippen LogP contribution >= 0.6 is 0 Å². The highest BCUT2D eigenvalue weighted by atomic mass is 32.2. The Labute approximate surface area is 213 Å². The van der Waals surface area contributed by atoms with Crippen molar-refractivity contribution in [3.8, 4) is 0 Å². The number of nitrogens with zero attached hydrogens (tertiary/aromatic N) is 4. The number of anilines is 2. The maximum absolute atomic E-state index is 13.8. The first-order valence-electron chi connectivity index (χ1n) is 12.0. The van der Waals surface area contributed by atoms with Crippen LogP contribution in [0.3, 0.4) is 0 Å². The van der Waals surface area contributed by atoms with Crippen LogP contribution in [0.2, 0.25) is 0 Å². The fourth-order valence-corrected chi connectivity index (χ4v) is 6.39. The Morgan fingerprint density at radius 2 is 1.86 bits per heavy atom. The van der Waals surface area contributed by atoms with E-state index in [4.69, 9.17) is 5.73 Å². The number of benzene rings is 1. The largest absolute Gasteiger partial charge is 0.365 e. The lowest BCUT2D eigenvalue weighted by Gasteiger charge is -2.33. The van der Waals surface area contributed by atoms with E-state index >= 15 is 0 Å². The molecule has 1 atom stereocenters. The van der Waals surface area contributed by atoms with Crippen molar-refractivity contribution in [2.24, 2.45) is 11.7 Å². The van der Waals surface area contributed by atoms with E-state index in [1.165, 1.54) is 23.9 Å². The maximum atomic E-state index is 13.8. The highest BCUT2D eigenvalue weighted by Gasteiger charge is 2.40. The Balaban J connectivity index is 1.69. The lowest BCUT2D eigenvalue weighted by molar-refractivity contribution is 0.0997. The smallest absolute Gasteiger partial charge is 0.253 e. The minimum atomic E-state index is -4.15. The number of aromatic nitrogens is 2. The zero-order chi connectivity index (χ0) is 26.1. The standard InChI is InChI=1S/C27H33N5O3S/c1-19-17-27(2,3)32(18-19)26-24(25(28)33)21(13-15-29-26)36(34,35)23-12-8-11-22(30-23)31(4)16-14-20-9-6-5-7-10-20/h5-13,15,19H,14,16-18H2,1-4H3,(H2,28,33). The summed E-state index contributed by atoms with van der Waals surface area (Å²) in [6.45, 7) is 7.55. The van der Waals surface area contributed by atoms with Gasteiger partial charge in [0.2, 0.25) is 9.84 Å². The molecule has 9 heteroatoms. The molecule has 1 aliphatic heterocycles. The van der Waals surface area contributed by atoms with Gasteiger partial charge in [0.15, 0.2) is 5.03 Å². The third-order valence-corrected chi connectivity index (χ3v) is 8.41. The molecule has 2 N–H and O–H groups in total. The average Bonchev–Trinajstić information content (AvgIpc) is 3.14. The average molecular weight is 508 g/mol. The van der Waals surface area contributed by atoms with Gasteiger partial charge in [-0.1, -0.05) is 43.3 Å². The summed E-state index contributed by atoms with van der Waals surface area (Å²) in [5.74, 6) is 0.362. The molecule has 1 aliphatic rings. The van der Waals surface area contributed by atoms with E-state index in [-0.39, 0.29) is 21.0 Å². The number of carbonyl (C=O) groups is 1. The molecule has 0 aliphatic carbocycles. The van der Waals surface area contributed by atoms with E-state index < -0.39 is 15.7 Å². The minimum absolute atomic E-state index is 0.0932. The van der Waals surface area contributed by atoms with Crippen molar-refractivity contribution >= 4 is 27.4 Å². The quantitative estimate of drug-likeness (QED) is 0.495. The summed E-state index contributed by atoms with van der Waals surface area (Å²) >= 11 is 0. The van der Waals surface area contributed by atoms with Crippen LogP contribution in [0.15, 0.2) is 70.7 Å². The summed E-state index contributed by atoms with van der Waals surface area (Å²) in [5, 5.41) is -0.139. The number of likely N-dealkylation sites (N-methyl/N-ethyl adjacent to an activating group) is 1. The number of primary amides is 1. The van der Waals surface area contributed by atoms with Crippen molar-refractivity contribution in [3.63, 3.8) is 0 Å². The predicted molar refractivity (Wildman–Crippen MR) is 141 cm³/mol. The van der Waals surface area contributed by atoms with Crippen LogP contribution in [0, 0.1) is 5.92 Å². The lowest BCUT2D eigenvalue weighted by Crippen LogP contribution is -2.40. The van der Waals surface area contributed by atoms with Crippen molar-refractivity contribution in [1.29, 1.82) is 0 Å². The first-order valence-corrected chi connectivity index (χ1v) is 13.5. The van der Waals surface area contributed by atoms with Crippen LogP contribution in [0.4, 0.5) is 11.6 Å². The van der Waals surface area contributed by atoms with Crippen molar-refractivity contribution in [2.75, 3.05) is 29.9 Å². The van der Waals surface area contributed by atoms with Gasteiger partial charge in [-0.05, 0) is 56.4 Å². The SMILES string of the molecule is CC1CN(c2nccc(S(=O)(=O)c3cccc(N(C)CCc4ccccc4)n3)c2C(N)=O)C(C)(C)C1. The molecular formula is C27H33N5O3S. The number of amides is 1. The van der Waals surface area contributed by atoms with Crippen LogP contribution < -0.4 is 15.5 Å². The molecule has 4 rings (SSSR count). The lowest BCUT2D eigenvalue weighted by atomic mass is 9.97. The zero-order valence-electron chi connectivity index (χ0n) is 21.2. The summed E-state index contributed by atoms with van der Waals surface area (Å²) in [6.07, 6.45) is 3.10. The van der Waals surface area contributed by atoms with Gasteiger partial charge in [0.25, 0.3) is 5.91 Å². The molecule has 36 heavy (non-hydrogen) atoms. The molecule has 0 spiro atoms. The van der Waals surface area contributed by atoms with Gasteiger partial charge in [0, 0.05) is 31.9 Å². The zero-order valence-corrected chi connectivity index (χ0v) is 22.0. The van der Waals surface area contributed by atoms with E-state index in [2.05, 4.69) is 42.9 Å². The highest BCUT2D eigenvalue weighted by molar-refractivity contribution is 7.91. The van der Waals surface area contributed by atoms with Crippen LogP contribution in [0.25, 0.3) is 0 Å². The number of hydrogen-bond acceptors (Lipinski definition) is 7. The number of rotatable bonds is 8. The van der Waals surface area contributed by atoms with Gasteiger partial charge < -0.3 is 15.5 Å². The molecule has 0 saturated carbocycles. The molecule has 8 nitrogen and oxygen atoms in total. The van der Waals surface area contributed by atoms with E-state index in [9.17, 15) is 13.2 Å². The van der Waals surface area contributed by atoms with Crippen LogP contribution in [-0.4, -0.2) is 50.0 Å². The van der Waals surface area contributed by atoms with Crippen LogP contribution in [0.1, 0.15) is 43.1 Å². The maximum Gasteiger partial charge on any atom is 0.253 e. The third-order valence-electron chi connectivity index (χ3n) is 6.71. The second-order valence-electron chi connectivity index (χ2n) is 10.1. The van der Waals surface area contributed by atoms with Crippen LogP contribution in [-0.2, 0) is 16.3 Å². The Morgan fingerprint density at radius 1 is 1.14 bits per heavy atom. The summed E-state index contributed by atoms with van der Waals surface area (Å²) in [6, 6.07) is 16.3. The Morgan fingerprint density at radius 3 is 2.50 bits per heavy atom. The molecular weight excluding hydrogens is 474 g/mol. The van der Waals surface area contributed by atoms with Gasteiger partial charge in [0.1, 0.15) is 17.2 Å². The summed E-state index contributed by atoms with van der Waals surface area (Å²) in [4.78, 5) is 25.2. The summed E-state index contributed by atoms with van der Waals surface area (Å²) < 4.78 is 27.5. The van der Waals surface area contributed by atoms with Gasteiger partial charge in [-0.2, -0.15) is 0 Å². The highest BCUT2D eigenvalue weighted by Crippen LogP contribution is 2.39. The molecule has 1 saturated heterocycles. The van der Waals surface area contributed by atoms with Crippen molar-refractivity contribution in [1.82, 2.24) is 9.97 Å². The monoisotopic (exact) mass is 507 g/mol. The number of nitrogens with two attached hydrogens (primary N) is 1. The predicted octanol–water partition coefficient (Wildman–Crippen LogP) is 3.71. The number of carbonyl (C=O) groups excluding carboxylic acids is 1. The van der Waals surface area contributed by atoms with Crippen LogP contribution in [0.5, 0.6) is 0 Å². The normalized spacial score (nSPS) is 17.2. The van der Waals surface area contributed by atoms with Crippen molar-refractivity contribution in [2.45, 2.75) is 49.1 Å². The molecule has 0 radical (unpaired) electrons. The van der Waals surface area contributed by atoms with Gasteiger partial charge >= 0.3 is 0 Å². The molecule has 0 bridgehead atoms. The topological polar surface area (TPSA) is 109 Å². The second kappa shape index (κ2) is 9.89. The molecule has 1 unspecified atom stereocenters. The number of hydrogen-bond donors (Lipinski definition) is 1. The Hall–Kier alpha value is -3.46. The molecule has 1 amide bonds. The Bertz CT molecular complexity index is 1360. The third kappa shape index (κ3) is 5.06. The number of sulfone groups is 1. The van der Waals surface area contributed by atoms with E-state index in [0.29, 0.717) is 30.6 Å². The molecule has 3 heterocycles. The van der Waals surface area contributed by atoms with Gasteiger partial charge in [-0.3, -0.25) is 4.79 Å². The molecule has 1 fully saturated rings. The number of pyridine rings is 2. The fraction of sp³-hybridized carbons (Fsp3) is 0.370. The van der Waals surface area contributed by atoms with Crippen molar-refractivity contribution < 1.29 is 13.2 Å². The van der Waals surface area contributed by atoms with E-state index in [1.54, 1.807) is 12.1 Å². The van der Waals surface area contributed by atoms with E-state index in [0.717, 1.165) is 12.8 Å². The van der Waals surface area contributed by atoms with Gasteiger partial charge in [-0.15, -0.1) is 0 Å². The van der Waals surface area contributed by atoms with Crippen molar-refractivity contribution in [3.05, 3.63) is 71.9 Å². The minimum Gasteiger partial charge on any atom is -0.365 e. The molecule has 2 aromatic heterocycles. The van der Waals surface area contributed by atoms with Gasteiger partial charge in [-0.25, -0.2) is 18.4 Å². The van der Waals surface area contributed by atoms with E-state index in [1.807, 2.05) is 35.0 Å². The fourth-order valence-electron chi connectivity index (χ4n) is 4.99. The summed E-state index contributed by atoms with van der Waals surface area (Å²) in [5.41, 5.74) is 6.55. The second-order valence-corrected chi connectivity index (χ2v) is 12.0. The van der Waals surface area contributed by atoms with Gasteiger partial charge in [0.05, 0.1) is 4.90 Å². The first-order chi connectivity index (χ1) is 17.0.